The summed E-state index contributed by atoms with van der Waals surface area (Å²) in [7, 11) is 0. The van der Waals surface area contributed by atoms with E-state index in [0.717, 1.165) is 0 Å². The van der Waals surface area contributed by atoms with Gasteiger partial charge in [0.05, 0.1) is 6.04 Å². The van der Waals surface area contributed by atoms with Crippen molar-refractivity contribution < 1.29 is 0 Å². The maximum atomic E-state index is 3.93. The maximum absolute atomic E-state index is 3.93. The molecule has 0 saturated heterocycles. The SMILES string of the molecule is C=CN1C=CC=CC1c1cccc2c1sc1ccccc12. The normalized spacial score (nSPS) is 17.7. The highest BCUT2D eigenvalue weighted by Crippen LogP contribution is 2.40. The summed E-state index contributed by atoms with van der Waals surface area (Å²) in [6, 6.07) is 15.5. The first kappa shape index (κ1) is 12.4. The molecule has 1 aliphatic rings. The Morgan fingerprint density at radius 2 is 1.86 bits per heavy atom. The Hall–Kier alpha value is -2.32. The zero-order chi connectivity index (χ0) is 14.2. The average Bonchev–Trinajstić information content (AvgIpc) is 2.93. The summed E-state index contributed by atoms with van der Waals surface area (Å²) >= 11 is 1.88. The molecular weight excluding hydrogens is 274 g/mol. The number of fused-ring (bicyclic) bond motifs is 3. The smallest absolute Gasteiger partial charge is 0.0780 e. The summed E-state index contributed by atoms with van der Waals surface area (Å²) in [6.45, 7) is 3.93. The van der Waals surface area contributed by atoms with E-state index in [1.807, 2.05) is 23.6 Å². The van der Waals surface area contributed by atoms with E-state index in [0.29, 0.717) is 0 Å². The molecule has 1 nitrogen and oxygen atoms in total. The van der Waals surface area contributed by atoms with Crippen molar-refractivity contribution in [3.8, 4) is 0 Å². The number of hydrogen-bond acceptors (Lipinski definition) is 2. The lowest BCUT2D eigenvalue weighted by Crippen LogP contribution is -2.17. The van der Waals surface area contributed by atoms with Crippen molar-refractivity contribution in [1.82, 2.24) is 4.90 Å². The summed E-state index contributed by atoms with van der Waals surface area (Å²) < 4.78 is 2.72. The van der Waals surface area contributed by atoms with Crippen LogP contribution in [0.15, 0.2) is 79.7 Å². The van der Waals surface area contributed by atoms with Crippen molar-refractivity contribution in [3.05, 3.63) is 85.2 Å². The number of thiophene rings is 1. The van der Waals surface area contributed by atoms with Crippen molar-refractivity contribution in [1.29, 1.82) is 0 Å². The molecule has 0 N–H and O–H groups in total. The number of hydrogen-bond donors (Lipinski definition) is 0. The number of allylic oxidation sites excluding steroid dienone is 2. The van der Waals surface area contributed by atoms with Gasteiger partial charge in [0, 0.05) is 26.4 Å². The number of benzene rings is 2. The third-order valence-corrected chi connectivity index (χ3v) is 5.18. The zero-order valence-electron chi connectivity index (χ0n) is 11.6. The van der Waals surface area contributed by atoms with Crippen molar-refractivity contribution in [2.24, 2.45) is 0 Å². The van der Waals surface area contributed by atoms with Crippen LogP contribution < -0.4 is 0 Å². The van der Waals surface area contributed by atoms with Crippen LogP contribution in [0.2, 0.25) is 0 Å². The topological polar surface area (TPSA) is 3.24 Å². The molecule has 1 aliphatic heterocycles. The van der Waals surface area contributed by atoms with Crippen molar-refractivity contribution in [2.45, 2.75) is 6.04 Å². The minimum Gasteiger partial charge on any atom is -0.344 e. The van der Waals surface area contributed by atoms with Gasteiger partial charge in [0.1, 0.15) is 0 Å². The minimum atomic E-state index is 0.226. The number of rotatable bonds is 2. The van der Waals surface area contributed by atoms with E-state index in [9.17, 15) is 0 Å². The molecule has 3 aromatic rings. The van der Waals surface area contributed by atoms with Crippen molar-refractivity contribution in [2.75, 3.05) is 0 Å². The summed E-state index contributed by atoms with van der Waals surface area (Å²) in [5.74, 6) is 0. The summed E-state index contributed by atoms with van der Waals surface area (Å²) in [6.07, 6.45) is 10.3. The quantitative estimate of drug-likeness (QED) is 0.591. The molecule has 102 valence electrons. The van der Waals surface area contributed by atoms with Gasteiger partial charge in [-0.15, -0.1) is 11.3 Å². The van der Waals surface area contributed by atoms with Gasteiger partial charge in [0.15, 0.2) is 0 Å². The fraction of sp³-hybridized carbons (Fsp3) is 0.0526. The molecule has 0 bridgehead atoms. The molecule has 1 unspecified atom stereocenters. The lowest BCUT2D eigenvalue weighted by molar-refractivity contribution is 0.437. The molecule has 0 aliphatic carbocycles. The molecule has 2 heterocycles. The van der Waals surface area contributed by atoms with Gasteiger partial charge in [-0.3, -0.25) is 0 Å². The van der Waals surface area contributed by atoms with E-state index in [4.69, 9.17) is 0 Å². The van der Waals surface area contributed by atoms with Crippen LogP contribution >= 0.6 is 11.3 Å². The van der Waals surface area contributed by atoms with Crippen LogP contribution in [0.3, 0.4) is 0 Å². The van der Waals surface area contributed by atoms with Gasteiger partial charge in [-0.25, -0.2) is 0 Å². The van der Waals surface area contributed by atoms with Crippen molar-refractivity contribution in [3.63, 3.8) is 0 Å². The standard InChI is InChI=1S/C19H15NS/c1-2-20-13-6-5-11-17(20)16-10-7-9-15-14-8-3-4-12-18(14)21-19(15)16/h2-13,17H,1H2. The second-order valence-corrected chi connectivity index (χ2v) is 6.18. The van der Waals surface area contributed by atoms with Crippen LogP contribution in [0.1, 0.15) is 11.6 Å². The third-order valence-electron chi connectivity index (χ3n) is 3.95. The highest BCUT2D eigenvalue weighted by atomic mass is 32.1. The minimum absolute atomic E-state index is 0.226. The molecule has 0 spiro atoms. The first-order valence-electron chi connectivity index (χ1n) is 7.03. The second kappa shape index (κ2) is 4.90. The van der Waals surface area contributed by atoms with E-state index >= 15 is 0 Å². The monoisotopic (exact) mass is 289 g/mol. The van der Waals surface area contributed by atoms with Gasteiger partial charge < -0.3 is 4.90 Å². The zero-order valence-corrected chi connectivity index (χ0v) is 12.4. The van der Waals surface area contributed by atoms with Gasteiger partial charge in [-0.1, -0.05) is 55.1 Å². The molecule has 0 saturated carbocycles. The molecule has 1 atom stereocenters. The lowest BCUT2D eigenvalue weighted by Gasteiger charge is -2.27. The van der Waals surface area contributed by atoms with Crippen LogP contribution in [-0.4, -0.2) is 4.90 Å². The van der Waals surface area contributed by atoms with Gasteiger partial charge >= 0.3 is 0 Å². The van der Waals surface area contributed by atoms with E-state index in [2.05, 4.69) is 72.3 Å². The summed E-state index contributed by atoms with van der Waals surface area (Å²) in [5, 5.41) is 2.69. The first-order chi connectivity index (χ1) is 10.4. The van der Waals surface area contributed by atoms with Gasteiger partial charge in [0.2, 0.25) is 0 Å². The van der Waals surface area contributed by atoms with E-state index in [1.165, 1.54) is 25.7 Å². The second-order valence-electron chi connectivity index (χ2n) is 5.12. The van der Waals surface area contributed by atoms with Crippen molar-refractivity contribution >= 4 is 31.5 Å². The van der Waals surface area contributed by atoms with Crippen LogP contribution in [0.5, 0.6) is 0 Å². The third kappa shape index (κ3) is 1.91. The van der Waals surface area contributed by atoms with E-state index in [1.54, 1.807) is 0 Å². The van der Waals surface area contributed by atoms with Crippen LogP contribution in [0.4, 0.5) is 0 Å². The maximum Gasteiger partial charge on any atom is 0.0780 e. The van der Waals surface area contributed by atoms with Gasteiger partial charge in [-0.05, 0) is 23.9 Å². The Morgan fingerprint density at radius 3 is 2.76 bits per heavy atom. The average molecular weight is 289 g/mol. The Labute approximate surface area is 128 Å². The Bertz CT molecular complexity index is 885. The van der Waals surface area contributed by atoms with Crippen LogP contribution in [0, 0.1) is 0 Å². The fourth-order valence-electron chi connectivity index (χ4n) is 2.95. The Morgan fingerprint density at radius 1 is 1.00 bits per heavy atom. The molecule has 4 rings (SSSR count). The highest BCUT2D eigenvalue weighted by Gasteiger charge is 2.18. The summed E-state index contributed by atoms with van der Waals surface area (Å²) in [5.41, 5.74) is 1.34. The molecule has 0 radical (unpaired) electrons. The molecule has 2 heteroatoms. The molecular formula is C19H15NS. The molecule has 0 fully saturated rings. The van der Waals surface area contributed by atoms with Crippen LogP contribution in [-0.2, 0) is 0 Å². The fourth-order valence-corrected chi connectivity index (χ4v) is 4.20. The highest BCUT2D eigenvalue weighted by molar-refractivity contribution is 7.26. The van der Waals surface area contributed by atoms with Gasteiger partial charge in [0.25, 0.3) is 0 Å². The molecule has 0 amide bonds. The largest absolute Gasteiger partial charge is 0.344 e. The molecule has 1 aromatic heterocycles. The number of nitrogens with zero attached hydrogens (tertiary/aromatic N) is 1. The van der Waals surface area contributed by atoms with Crippen LogP contribution in [0.25, 0.3) is 20.2 Å². The summed E-state index contributed by atoms with van der Waals surface area (Å²) in [4.78, 5) is 2.15. The van der Waals surface area contributed by atoms with E-state index in [-0.39, 0.29) is 6.04 Å². The lowest BCUT2D eigenvalue weighted by atomic mass is 10.0. The predicted molar refractivity (Wildman–Crippen MR) is 92.4 cm³/mol. The Kier molecular flexibility index (Phi) is 2.90. The predicted octanol–water partition coefficient (Wildman–Crippen LogP) is 5.62. The van der Waals surface area contributed by atoms with E-state index < -0.39 is 0 Å². The molecule has 21 heavy (non-hydrogen) atoms. The first-order valence-corrected chi connectivity index (χ1v) is 7.85. The van der Waals surface area contributed by atoms with Gasteiger partial charge in [-0.2, -0.15) is 0 Å². The Balaban J connectivity index is 1.99. The molecule has 2 aromatic carbocycles.